The van der Waals surface area contributed by atoms with Crippen molar-refractivity contribution in [2.75, 3.05) is 25.0 Å². The molecule has 20 heavy (non-hydrogen) atoms. The van der Waals surface area contributed by atoms with Gasteiger partial charge in [-0.25, -0.2) is 4.98 Å². The van der Waals surface area contributed by atoms with E-state index in [4.69, 9.17) is 0 Å². The molecular formula is C16H28N4. The smallest absolute Gasteiger partial charge is 0.148 e. The number of likely N-dealkylation sites (tertiary alicyclic amines) is 1. The molecule has 1 aliphatic rings. The maximum Gasteiger partial charge on any atom is 0.148 e. The number of nitrogens with zero attached hydrogens (tertiary/aromatic N) is 3. The lowest BCUT2D eigenvalue weighted by Crippen LogP contribution is -2.43. The number of rotatable bonds is 4. The van der Waals surface area contributed by atoms with Crippen LogP contribution < -0.4 is 5.32 Å². The molecule has 3 atom stereocenters. The van der Waals surface area contributed by atoms with Crippen LogP contribution in [0.4, 0.5) is 5.82 Å². The Balaban J connectivity index is 1.91. The summed E-state index contributed by atoms with van der Waals surface area (Å²) >= 11 is 0. The molecule has 0 radical (unpaired) electrons. The fourth-order valence-corrected chi connectivity index (χ4v) is 3.28. The minimum absolute atomic E-state index is 0.391. The predicted octanol–water partition coefficient (Wildman–Crippen LogP) is 2.87. The second kappa shape index (κ2) is 6.53. The zero-order valence-electron chi connectivity index (χ0n) is 13.5. The van der Waals surface area contributed by atoms with Crippen LogP contribution in [0.15, 0.2) is 6.20 Å². The van der Waals surface area contributed by atoms with Crippen molar-refractivity contribution in [3.05, 3.63) is 17.6 Å². The van der Waals surface area contributed by atoms with Crippen molar-refractivity contribution in [2.24, 2.45) is 11.8 Å². The molecule has 0 bridgehead atoms. The molecule has 0 spiro atoms. The van der Waals surface area contributed by atoms with Crippen LogP contribution >= 0.6 is 0 Å². The van der Waals surface area contributed by atoms with E-state index in [9.17, 15) is 0 Å². The Morgan fingerprint density at radius 1 is 1.30 bits per heavy atom. The number of aromatic nitrogens is 2. The van der Waals surface area contributed by atoms with E-state index in [1.54, 1.807) is 0 Å². The van der Waals surface area contributed by atoms with Crippen molar-refractivity contribution >= 4 is 5.82 Å². The summed E-state index contributed by atoms with van der Waals surface area (Å²) in [6.07, 6.45) is 3.18. The number of nitrogens with one attached hydrogen (secondary N) is 1. The normalized spacial score (nSPS) is 25.4. The number of aryl methyl sites for hydroxylation is 2. The van der Waals surface area contributed by atoms with Crippen LogP contribution in [0, 0.1) is 25.7 Å². The van der Waals surface area contributed by atoms with Gasteiger partial charge in [-0.05, 0) is 39.0 Å². The summed E-state index contributed by atoms with van der Waals surface area (Å²) in [5.41, 5.74) is 1.94. The second-order valence-corrected chi connectivity index (χ2v) is 6.66. The van der Waals surface area contributed by atoms with Crippen LogP contribution in [-0.2, 0) is 0 Å². The Bertz CT molecular complexity index is 436. The predicted molar refractivity (Wildman–Crippen MR) is 84.0 cm³/mol. The number of hydrogen-bond acceptors (Lipinski definition) is 4. The van der Waals surface area contributed by atoms with Gasteiger partial charge in [0.1, 0.15) is 5.82 Å². The highest BCUT2D eigenvalue weighted by atomic mass is 15.2. The van der Waals surface area contributed by atoms with Crippen molar-refractivity contribution in [3.8, 4) is 0 Å². The van der Waals surface area contributed by atoms with Crippen molar-refractivity contribution < 1.29 is 0 Å². The standard InChI is InChI=1S/C16H28N4/c1-11-6-12(2)9-20(8-11)10-14(4)19-16-15(5)17-7-13(3)18-16/h7,11-12,14H,6,8-10H2,1-5H3,(H,18,19). The molecule has 0 saturated carbocycles. The highest BCUT2D eigenvalue weighted by molar-refractivity contribution is 5.40. The molecular weight excluding hydrogens is 248 g/mol. The summed E-state index contributed by atoms with van der Waals surface area (Å²) in [5, 5.41) is 3.51. The molecule has 0 aliphatic carbocycles. The summed E-state index contributed by atoms with van der Waals surface area (Å²) in [6.45, 7) is 14.4. The first-order valence-electron chi connectivity index (χ1n) is 7.73. The zero-order valence-corrected chi connectivity index (χ0v) is 13.5. The molecule has 2 rings (SSSR count). The van der Waals surface area contributed by atoms with E-state index >= 15 is 0 Å². The van der Waals surface area contributed by atoms with Crippen LogP contribution in [-0.4, -0.2) is 40.5 Å². The van der Waals surface area contributed by atoms with E-state index in [-0.39, 0.29) is 0 Å². The minimum atomic E-state index is 0.391. The Morgan fingerprint density at radius 3 is 2.60 bits per heavy atom. The zero-order chi connectivity index (χ0) is 14.7. The largest absolute Gasteiger partial charge is 0.365 e. The third kappa shape index (κ3) is 4.17. The van der Waals surface area contributed by atoms with Gasteiger partial charge in [0.05, 0.1) is 11.4 Å². The van der Waals surface area contributed by atoms with E-state index in [0.29, 0.717) is 6.04 Å². The van der Waals surface area contributed by atoms with Gasteiger partial charge in [-0.3, -0.25) is 4.98 Å². The van der Waals surface area contributed by atoms with E-state index in [1.165, 1.54) is 19.5 Å². The van der Waals surface area contributed by atoms with Crippen LogP contribution in [0.3, 0.4) is 0 Å². The number of hydrogen-bond donors (Lipinski definition) is 1. The third-order valence-corrected chi connectivity index (χ3v) is 3.94. The van der Waals surface area contributed by atoms with Gasteiger partial charge in [0.15, 0.2) is 0 Å². The fraction of sp³-hybridized carbons (Fsp3) is 0.750. The van der Waals surface area contributed by atoms with Crippen molar-refractivity contribution in [3.63, 3.8) is 0 Å². The highest BCUT2D eigenvalue weighted by Gasteiger charge is 2.23. The highest BCUT2D eigenvalue weighted by Crippen LogP contribution is 2.21. The second-order valence-electron chi connectivity index (χ2n) is 6.66. The molecule has 0 aromatic carbocycles. The van der Waals surface area contributed by atoms with Crippen molar-refractivity contribution in [1.29, 1.82) is 0 Å². The Morgan fingerprint density at radius 2 is 1.95 bits per heavy atom. The topological polar surface area (TPSA) is 41.1 Å². The van der Waals surface area contributed by atoms with Crippen LogP contribution in [0.1, 0.15) is 38.6 Å². The van der Waals surface area contributed by atoms with E-state index in [1.807, 2.05) is 20.0 Å². The van der Waals surface area contributed by atoms with Gasteiger partial charge < -0.3 is 10.2 Å². The lowest BCUT2D eigenvalue weighted by Gasteiger charge is -2.36. The molecule has 4 nitrogen and oxygen atoms in total. The third-order valence-electron chi connectivity index (χ3n) is 3.94. The maximum absolute atomic E-state index is 4.54. The summed E-state index contributed by atoms with van der Waals surface area (Å²) in [6, 6.07) is 0.391. The molecule has 112 valence electrons. The summed E-state index contributed by atoms with van der Waals surface area (Å²) in [5.74, 6) is 2.55. The number of anilines is 1. The van der Waals surface area contributed by atoms with Gasteiger partial charge in [-0.15, -0.1) is 0 Å². The van der Waals surface area contributed by atoms with Crippen molar-refractivity contribution in [1.82, 2.24) is 14.9 Å². The lowest BCUT2D eigenvalue weighted by atomic mass is 9.92. The molecule has 1 aliphatic heterocycles. The van der Waals surface area contributed by atoms with Gasteiger partial charge in [0, 0.05) is 31.9 Å². The molecule has 3 unspecified atom stereocenters. The Kier molecular flexibility index (Phi) is 4.97. The fourth-order valence-electron chi connectivity index (χ4n) is 3.28. The van der Waals surface area contributed by atoms with Crippen LogP contribution in [0.25, 0.3) is 0 Å². The first kappa shape index (κ1) is 15.2. The summed E-state index contributed by atoms with van der Waals surface area (Å²) in [7, 11) is 0. The monoisotopic (exact) mass is 276 g/mol. The quantitative estimate of drug-likeness (QED) is 0.918. The molecule has 1 saturated heterocycles. The molecule has 4 heteroatoms. The molecule has 1 N–H and O–H groups in total. The lowest BCUT2D eigenvalue weighted by molar-refractivity contribution is 0.138. The molecule has 1 fully saturated rings. The Hall–Kier alpha value is -1.16. The van der Waals surface area contributed by atoms with Gasteiger partial charge in [0.2, 0.25) is 0 Å². The van der Waals surface area contributed by atoms with Crippen LogP contribution in [0.5, 0.6) is 0 Å². The average molecular weight is 276 g/mol. The van der Waals surface area contributed by atoms with Gasteiger partial charge in [-0.1, -0.05) is 13.8 Å². The SMILES string of the molecule is Cc1cnc(C)c(NC(C)CN2CC(C)CC(C)C2)n1. The maximum atomic E-state index is 4.54. The van der Waals surface area contributed by atoms with Gasteiger partial charge in [-0.2, -0.15) is 0 Å². The molecule has 1 aromatic heterocycles. The average Bonchev–Trinajstić information content (AvgIpc) is 2.32. The first-order valence-corrected chi connectivity index (χ1v) is 7.73. The van der Waals surface area contributed by atoms with Gasteiger partial charge in [0.25, 0.3) is 0 Å². The molecule has 1 aromatic rings. The van der Waals surface area contributed by atoms with Crippen LogP contribution in [0.2, 0.25) is 0 Å². The minimum Gasteiger partial charge on any atom is -0.365 e. The van der Waals surface area contributed by atoms with Crippen molar-refractivity contribution in [2.45, 2.75) is 47.1 Å². The van der Waals surface area contributed by atoms with Gasteiger partial charge >= 0.3 is 0 Å². The van der Waals surface area contributed by atoms with E-state index in [2.05, 4.69) is 41.0 Å². The van der Waals surface area contributed by atoms with E-state index < -0.39 is 0 Å². The summed E-state index contributed by atoms with van der Waals surface area (Å²) in [4.78, 5) is 11.5. The molecule has 2 heterocycles. The number of piperidine rings is 1. The molecule has 0 amide bonds. The first-order chi connectivity index (χ1) is 9.44. The Labute approximate surface area is 123 Å². The van der Waals surface area contributed by atoms with E-state index in [0.717, 1.165) is 35.6 Å². The summed E-state index contributed by atoms with van der Waals surface area (Å²) < 4.78 is 0.